The van der Waals surface area contributed by atoms with Crippen LogP contribution in [0.25, 0.3) is 17.0 Å². The second-order valence-electron chi connectivity index (χ2n) is 6.10. The molecular formula is C19H15ClN6O2. The Kier molecular flexibility index (Phi) is 4.62. The van der Waals surface area contributed by atoms with Crippen LogP contribution in [0.1, 0.15) is 5.82 Å². The zero-order chi connectivity index (χ0) is 19.7. The van der Waals surface area contributed by atoms with Gasteiger partial charge in [0.05, 0.1) is 11.4 Å². The number of fused-ring (bicyclic) bond motifs is 1. The number of halogens is 1. The number of carbonyl (C=O) groups excluding carboxylic acids is 1. The number of hydrogen-bond donors (Lipinski definition) is 1. The summed E-state index contributed by atoms with van der Waals surface area (Å²) in [4.78, 5) is 33.7. The largest absolute Gasteiger partial charge is 0.352 e. The van der Waals surface area contributed by atoms with Gasteiger partial charge in [0.15, 0.2) is 5.65 Å². The zero-order valence-electron chi connectivity index (χ0n) is 14.8. The van der Waals surface area contributed by atoms with Crippen molar-refractivity contribution >= 4 is 28.8 Å². The summed E-state index contributed by atoms with van der Waals surface area (Å²) in [7, 11) is 0. The number of nitrogens with one attached hydrogen (secondary N) is 1. The van der Waals surface area contributed by atoms with Gasteiger partial charge < -0.3 is 5.32 Å². The summed E-state index contributed by atoms with van der Waals surface area (Å²) in [5.74, 6) is 0.0768. The van der Waals surface area contributed by atoms with Crippen molar-refractivity contribution in [2.45, 2.75) is 13.5 Å². The molecule has 0 saturated heterocycles. The third-order valence-corrected chi connectivity index (χ3v) is 4.30. The number of hydrogen-bond acceptors (Lipinski definition) is 5. The normalized spacial score (nSPS) is 10.9. The summed E-state index contributed by atoms with van der Waals surface area (Å²) >= 11 is 5.92. The lowest BCUT2D eigenvalue weighted by atomic mass is 10.2. The lowest BCUT2D eigenvalue weighted by Crippen LogP contribution is -2.28. The van der Waals surface area contributed by atoms with E-state index in [9.17, 15) is 9.59 Å². The van der Waals surface area contributed by atoms with E-state index in [0.29, 0.717) is 33.6 Å². The highest BCUT2D eigenvalue weighted by atomic mass is 35.5. The second kappa shape index (κ2) is 7.24. The average molecular weight is 395 g/mol. The fraction of sp³-hybridized carbons (Fsp3) is 0.105. The maximum absolute atomic E-state index is 12.6. The van der Waals surface area contributed by atoms with Crippen LogP contribution in [-0.2, 0) is 11.3 Å². The highest BCUT2D eigenvalue weighted by molar-refractivity contribution is 6.30. The number of aromatic nitrogens is 5. The van der Waals surface area contributed by atoms with Crippen LogP contribution in [-0.4, -0.2) is 30.1 Å². The molecule has 0 bridgehead atoms. The number of aryl methyl sites for hydroxylation is 1. The minimum Gasteiger partial charge on any atom is -0.324 e. The summed E-state index contributed by atoms with van der Waals surface area (Å²) in [5.41, 5.74) is 1.78. The van der Waals surface area contributed by atoms with Crippen LogP contribution in [0, 0.1) is 6.92 Å². The number of carbonyl (C=O) groups is 1. The van der Waals surface area contributed by atoms with Gasteiger partial charge in [-0.1, -0.05) is 23.7 Å². The van der Waals surface area contributed by atoms with E-state index in [1.807, 2.05) is 18.2 Å². The molecule has 4 aromatic rings. The van der Waals surface area contributed by atoms with Crippen molar-refractivity contribution in [3.05, 3.63) is 76.1 Å². The topological polar surface area (TPSA) is 94.2 Å². The smallest absolute Gasteiger partial charge is 0.324 e. The highest BCUT2D eigenvalue weighted by Crippen LogP contribution is 2.16. The lowest BCUT2D eigenvalue weighted by Gasteiger charge is -2.04. The maximum Gasteiger partial charge on any atom is 0.352 e. The molecule has 0 spiro atoms. The number of anilines is 1. The number of amides is 1. The van der Waals surface area contributed by atoms with Crippen molar-refractivity contribution in [2.24, 2.45) is 0 Å². The molecule has 1 N–H and O–H groups in total. The van der Waals surface area contributed by atoms with Gasteiger partial charge in [-0.25, -0.2) is 18.9 Å². The first-order valence-corrected chi connectivity index (χ1v) is 8.83. The van der Waals surface area contributed by atoms with Crippen molar-refractivity contribution in [3.8, 4) is 11.4 Å². The Hall–Kier alpha value is -3.52. The predicted octanol–water partition coefficient (Wildman–Crippen LogP) is 2.55. The molecule has 0 aliphatic rings. The van der Waals surface area contributed by atoms with Crippen molar-refractivity contribution in [1.82, 2.24) is 24.1 Å². The Morgan fingerprint density at radius 3 is 2.75 bits per heavy atom. The van der Waals surface area contributed by atoms with E-state index in [1.165, 1.54) is 4.40 Å². The number of pyridine rings is 1. The highest BCUT2D eigenvalue weighted by Gasteiger charge is 2.15. The van der Waals surface area contributed by atoms with Gasteiger partial charge in [-0.05, 0) is 37.3 Å². The van der Waals surface area contributed by atoms with Crippen LogP contribution >= 0.6 is 11.6 Å². The van der Waals surface area contributed by atoms with Crippen molar-refractivity contribution in [3.63, 3.8) is 0 Å². The van der Waals surface area contributed by atoms with E-state index in [-0.39, 0.29) is 12.5 Å². The van der Waals surface area contributed by atoms with Crippen LogP contribution in [0.15, 0.2) is 59.5 Å². The molecule has 0 radical (unpaired) electrons. The van der Waals surface area contributed by atoms with Gasteiger partial charge in [0.1, 0.15) is 12.4 Å². The van der Waals surface area contributed by atoms with E-state index >= 15 is 0 Å². The minimum atomic E-state index is -0.436. The minimum absolute atomic E-state index is 0.231. The van der Waals surface area contributed by atoms with Crippen LogP contribution in [0.3, 0.4) is 0 Å². The van der Waals surface area contributed by atoms with Crippen molar-refractivity contribution in [2.75, 3.05) is 5.32 Å². The van der Waals surface area contributed by atoms with Crippen molar-refractivity contribution in [1.29, 1.82) is 0 Å². The van der Waals surface area contributed by atoms with Crippen LogP contribution in [0.4, 0.5) is 5.69 Å². The third-order valence-electron chi connectivity index (χ3n) is 4.07. The second-order valence-corrected chi connectivity index (χ2v) is 6.53. The summed E-state index contributed by atoms with van der Waals surface area (Å²) in [6.07, 6.45) is 1.67. The zero-order valence-corrected chi connectivity index (χ0v) is 15.6. The molecule has 8 nitrogen and oxygen atoms in total. The standard InChI is InChI=1S/C19H15ClN6O2/c1-12-22-16(15-7-2-3-8-21-15)10-17-24-25(19(28)26(12)17)11-18(27)23-14-6-4-5-13(20)9-14/h2-10H,11H2,1H3,(H,23,27). The average Bonchev–Trinajstić information content (AvgIpc) is 2.98. The molecule has 0 fully saturated rings. The lowest BCUT2D eigenvalue weighted by molar-refractivity contribution is -0.117. The molecule has 140 valence electrons. The number of benzene rings is 1. The number of nitrogens with zero attached hydrogens (tertiary/aromatic N) is 5. The molecule has 28 heavy (non-hydrogen) atoms. The molecule has 9 heteroatoms. The van der Waals surface area contributed by atoms with E-state index in [1.54, 1.807) is 43.5 Å². The molecule has 0 aliphatic carbocycles. The van der Waals surface area contributed by atoms with Gasteiger partial charge in [0.25, 0.3) is 0 Å². The molecule has 0 atom stereocenters. The molecule has 3 heterocycles. The third kappa shape index (κ3) is 3.49. The van der Waals surface area contributed by atoms with Crippen molar-refractivity contribution < 1.29 is 4.79 Å². The first-order chi connectivity index (χ1) is 13.5. The molecule has 1 aromatic carbocycles. The summed E-state index contributed by atoms with van der Waals surface area (Å²) in [6, 6.07) is 13.9. The Bertz CT molecular complexity index is 1230. The first-order valence-electron chi connectivity index (χ1n) is 8.45. The molecule has 0 saturated carbocycles. The predicted molar refractivity (Wildman–Crippen MR) is 105 cm³/mol. The summed E-state index contributed by atoms with van der Waals surface area (Å²) < 4.78 is 2.46. The van der Waals surface area contributed by atoms with Crippen LogP contribution in [0.5, 0.6) is 0 Å². The van der Waals surface area contributed by atoms with Crippen LogP contribution in [0.2, 0.25) is 5.02 Å². The van der Waals surface area contributed by atoms with Gasteiger partial charge >= 0.3 is 5.69 Å². The fourth-order valence-electron chi connectivity index (χ4n) is 2.85. The number of rotatable bonds is 4. The van der Waals surface area contributed by atoms with E-state index in [2.05, 4.69) is 20.4 Å². The Morgan fingerprint density at radius 1 is 1.14 bits per heavy atom. The maximum atomic E-state index is 12.6. The van der Waals surface area contributed by atoms with Gasteiger partial charge in [-0.15, -0.1) is 5.10 Å². The van der Waals surface area contributed by atoms with Gasteiger partial charge in [-0.2, -0.15) is 0 Å². The van der Waals surface area contributed by atoms with E-state index < -0.39 is 5.69 Å². The Balaban J connectivity index is 1.65. The Labute approximate surface area is 164 Å². The molecule has 1 amide bonds. The molecule has 0 aliphatic heterocycles. The molecule has 4 rings (SSSR count). The summed E-state index contributed by atoms with van der Waals surface area (Å²) in [6.45, 7) is 1.48. The molecule has 3 aromatic heterocycles. The van der Waals surface area contributed by atoms with Gasteiger partial charge in [-0.3, -0.25) is 9.78 Å². The van der Waals surface area contributed by atoms with E-state index in [0.717, 1.165) is 4.68 Å². The first kappa shape index (κ1) is 17.9. The Morgan fingerprint density at radius 2 is 2.00 bits per heavy atom. The molecular weight excluding hydrogens is 380 g/mol. The quantitative estimate of drug-likeness (QED) is 0.574. The summed E-state index contributed by atoms with van der Waals surface area (Å²) in [5, 5.41) is 7.47. The van der Waals surface area contributed by atoms with E-state index in [4.69, 9.17) is 11.6 Å². The van der Waals surface area contributed by atoms with Crippen LogP contribution < -0.4 is 11.0 Å². The molecule has 0 unspecified atom stereocenters. The monoisotopic (exact) mass is 394 g/mol. The fourth-order valence-corrected chi connectivity index (χ4v) is 3.04. The van der Waals surface area contributed by atoms with Gasteiger partial charge in [0, 0.05) is 23.0 Å². The SMILES string of the molecule is Cc1nc(-c2ccccn2)cc2nn(CC(=O)Nc3cccc(Cl)c3)c(=O)n12. The van der Waals surface area contributed by atoms with Gasteiger partial charge in [0.2, 0.25) is 5.91 Å².